The molecule has 1 nitrogen and oxygen atoms in total. The van der Waals surface area contributed by atoms with Crippen LogP contribution in [0.5, 0.6) is 0 Å². The van der Waals surface area contributed by atoms with E-state index in [2.05, 4.69) is 34.6 Å². The van der Waals surface area contributed by atoms with Crippen LogP contribution in [0.4, 0.5) is 0 Å². The van der Waals surface area contributed by atoms with Crippen molar-refractivity contribution < 1.29 is 4.74 Å². The zero-order chi connectivity index (χ0) is 8.85. The topological polar surface area (TPSA) is 9.23 Å². The van der Waals surface area contributed by atoms with Gasteiger partial charge in [-0.3, -0.25) is 0 Å². The van der Waals surface area contributed by atoms with Crippen molar-refractivity contribution >= 4 is 0 Å². The van der Waals surface area contributed by atoms with Gasteiger partial charge >= 0.3 is 0 Å². The van der Waals surface area contributed by atoms with Crippen LogP contribution in [0.1, 0.15) is 41.0 Å². The first-order valence-electron chi connectivity index (χ1n) is 4.64. The molecule has 1 heteroatoms. The first-order chi connectivity index (χ1) is 5.02. The lowest BCUT2D eigenvalue weighted by Crippen LogP contribution is -2.12. The summed E-state index contributed by atoms with van der Waals surface area (Å²) in [5, 5.41) is 0. The first kappa shape index (κ1) is 11.0. The summed E-state index contributed by atoms with van der Waals surface area (Å²) in [7, 11) is 0. The van der Waals surface area contributed by atoms with E-state index in [4.69, 9.17) is 4.74 Å². The van der Waals surface area contributed by atoms with Gasteiger partial charge in [-0.2, -0.15) is 0 Å². The number of hydrogen-bond acceptors (Lipinski definition) is 1. The van der Waals surface area contributed by atoms with Gasteiger partial charge in [0.2, 0.25) is 0 Å². The van der Waals surface area contributed by atoms with Gasteiger partial charge in [0.1, 0.15) is 0 Å². The highest BCUT2D eigenvalue weighted by Gasteiger charge is 2.05. The van der Waals surface area contributed by atoms with Gasteiger partial charge in [-0.05, 0) is 32.1 Å². The fraction of sp³-hybridized carbons (Fsp3) is 1.00. The first-order valence-corrected chi connectivity index (χ1v) is 4.64. The van der Waals surface area contributed by atoms with Crippen molar-refractivity contribution in [1.82, 2.24) is 0 Å². The van der Waals surface area contributed by atoms with E-state index in [0.29, 0.717) is 12.0 Å². The van der Waals surface area contributed by atoms with Crippen molar-refractivity contribution in [1.29, 1.82) is 0 Å². The lowest BCUT2D eigenvalue weighted by Gasteiger charge is -2.15. The smallest absolute Gasteiger partial charge is 0.0519 e. The van der Waals surface area contributed by atoms with Crippen LogP contribution in [0.2, 0.25) is 0 Å². The Morgan fingerprint density at radius 2 is 1.55 bits per heavy atom. The molecule has 0 saturated heterocycles. The van der Waals surface area contributed by atoms with Crippen molar-refractivity contribution in [3.8, 4) is 0 Å². The fourth-order valence-electron chi connectivity index (χ4n) is 1.23. The Hall–Kier alpha value is -0.0400. The zero-order valence-corrected chi connectivity index (χ0v) is 8.55. The van der Waals surface area contributed by atoms with Gasteiger partial charge in [0, 0.05) is 6.61 Å². The van der Waals surface area contributed by atoms with E-state index in [9.17, 15) is 0 Å². The Morgan fingerprint density at radius 3 is 1.91 bits per heavy atom. The van der Waals surface area contributed by atoms with Crippen LogP contribution in [-0.2, 0) is 4.74 Å². The summed E-state index contributed by atoms with van der Waals surface area (Å²) in [5.74, 6) is 1.50. The van der Waals surface area contributed by atoms with Crippen molar-refractivity contribution in [3.63, 3.8) is 0 Å². The number of hydrogen-bond donors (Lipinski definition) is 0. The summed E-state index contributed by atoms with van der Waals surface area (Å²) in [6, 6.07) is 0. The molecule has 0 aromatic rings. The minimum Gasteiger partial charge on any atom is -0.379 e. The molecule has 0 saturated carbocycles. The molecular formula is C10H22O. The predicted octanol–water partition coefficient (Wildman–Crippen LogP) is 3.09. The SMILES string of the molecule is CC(C)C[C@@H](C)COC(C)C. The molecule has 0 aliphatic heterocycles. The molecule has 0 aliphatic carbocycles. The normalized spacial score (nSPS) is 14.5. The van der Waals surface area contributed by atoms with E-state index in [1.807, 2.05) is 0 Å². The van der Waals surface area contributed by atoms with Gasteiger partial charge in [-0.15, -0.1) is 0 Å². The molecule has 0 spiro atoms. The monoisotopic (exact) mass is 158 g/mol. The molecular weight excluding hydrogens is 136 g/mol. The second-order valence-electron chi connectivity index (χ2n) is 4.12. The maximum Gasteiger partial charge on any atom is 0.0519 e. The Balaban J connectivity index is 3.29. The average Bonchev–Trinajstić information content (AvgIpc) is 1.82. The van der Waals surface area contributed by atoms with Crippen LogP contribution in [-0.4, -0.2) is 12.7 Å². The lowest BCUT2D eigenvalue weighted by atomic mass is 10.00. The summed E-state index contributed by atoms with van der Waals surface area (Å²) < 4.78 is 5.50. The molecule has 0 amide bonds. The molecule has 0 aromatic carbocycles. The third-order valence-electron chi connectivity index (χ3n) is 1.59. The lowest BCUT2D eigenvalue weighted by molar-refractivity contribution is 0.0504. The molecule has 0 rings (SSSR count). The largest absolute Gasteiger partial charge is 0.379 e. The van der Waals surface area contributed by atoms with Gasteiger partial charge in [-0.25, -0.2) is 0 Å². The minimum atomic E-state index is 0.379. The quantitative estimate of drug-likeness (QED) is 0.597. The van der Waals surface area contributed by atoms with Gasteiger partial charge in [-0.1, -0.05) is 20.8 Å². The molecule has 0 N–H and O–H groups in total. The highest BCUT2D eigenvalue weighted by atomic mass is 16.5. The third-order valence-corrected chi connectivity index (χ3v) is 1.59. The molecule has 0 aliphatic rings. The molecule has 1 atom stereocenters. The van der Waals surface area contributed by atoms with Crippen molar-refractivity contribution in [3.05, 3.63) is 0 Å². The van der Waals surface area contributed by atoms with Crippen LogP contribution in [0.15, 0.2) is 0 Å². The Morgan fingerprint density at radius 1 is 1.00 bits per heavy atom. The second-order valence-corrected chi connectivity index (χ2v) is 4.12. The maximum atomic E-state index is 5.50. The predicted molar refractivity (Wildman–Crippen MR) is 49.7 cm³/mol. The van der Waals surface area contributed by atoms with Crippen LogP contribution in [0.3, 0.4) is 0 Å². The number of ether oxygens (including phenoxy) is 1. The summed E-state index contributed by atoms with van der Waals surface area (Å²) >= 11 is 0. The molecule has 68 valence electrons. The highest BCUT2D eigenvalue weighted by molar-refractivity contribution is 4.55. The molecule has 0 heterocycles. The summed E-state index contributed by atoms with van der Waals surface area (Å²) in [5.41, 5.74) is 0. The zero-order valence-electron chi connectivity index (χ0n) is 8.55. The molecule has 0 fully saturated rings. The van der Waals surface area contributed by atoms with E-state index in [1.165, 1.54) is 6.42 Å². The van der Waals surface area contributed by atoms with Crippen molar-refractivity contribution in [2.45, 2.75) is 47.1 Å². The Labute approximate surface area is 71.1 Å². The van der Waals surface area contributed by atoms with Crippen molar-refractivity contribution in [2.24, 2.45) is 11.8 Å². The summed E-state index contributed by atoms with van der Waals surface area (Å²) in [6.07, 6.45) is 1.65. The molecule has 0 bridgehead atoms. The second kappa shape index (κ2) is 5.59. The van der Waals surface area contributed by atoms with E-state index in [1.54, 1.807) is 0 Å². The van der Waals surface area contributed by atoms with Crippen LogP contribution in [0.25, 0.3) is 0 Å². The molecule has 11 heavy (non-hydrogen) atoms. The summed E-state index contributed by atoms with van der Waals surface area (Å²) in [6.45, 7) is 11.8. The molecule has 0 aromatic heterocycles. The molecule has 0 radical (unpaired) electrons. The van der Waals surface area contributed by atoms with Gasteiger partial charge < -0.3 is 4.74 Å². The van der Waals surface area contributed by atoms with E-state index in [0.717, 1.165) is 12.5 Å². The van der Waals surface area contributed by atoms with Crippen LogP contribution >= 0.6 is 0 Å². The Bertz CT molecular complexity index is 86.9. The van der Waals surface area contributed by atoms with Crippen LogP contribution < -0.4 is 0 Å². The maximum absolute atomic E-state index is 5.50. The van der Waals surface area contributed by atoms with E-state index < -0.39 is 0 Å². The number of rotatable bonds is 5. The fourth-order valence-corrected chi connectivity index (χ4v) is 1.23. The van der Waals surface area contributed by atoms with E-state index in [-0.39, 0.29) is 0 Å². The summed E-state index contributed by atoms with van der Waals surface area (Å²) in [4.78, 5) is 0. The highest BCUT2D eigenvalue weighted by Crippen LogP contribution is 2.11. The Kier molecular flexibility index (Phi) is 5.57. The van der Waals surface area contributed by atoms with Crippen LogP contribution in [0, 0.1) is 11.8 Å². The van der Waals surface area contributed by atoms with Gasteiger partial charge in [0.15, 0.2) is 0 Å². The van der Waals surface area contributed by atoms with E-state index >= 15 is 0 Å². The standard InChI is InChI=1S/C10H22O/c1-8(2)6-10(5)7-11-9(3)4/h8-10H,6-7H2,1-5H3/t10-/m1/s1. The van der Waals surface area contributed by atoms with Gasteiger partial charge in [0.25, 0.3) is 0 Å². The average molecular weight is 158 g/mol. The molecule has 0 unspecified atom stereocenters. The third kappa shape index (κ3) is 7.86. The van der Waals surface area contributed by atoms with Crippen molar-refractivity contribution in [2.75, 3.05) is 6.61 Å². The minimum absolute atomic E-state index is 0.379. The van der Waals surface area contributed by atoms with Gasteiger partial charge in [0.05, 0.1) is 6.10 Å².